The van der Waals surface area contributed by atoms with Gasteiger partial charge >= 0.3 is 5.97 Å². The largest absolute Gasteiger partial charge is 0.466 e. The van der Waals surface area contributed by atoms with E-state index in [1.165, 1.54) is 6.92 Å². The summed E-state index contributed by atoms with van der Waals surface area (Å²) in [4.78, 5) is 9.82. The van der Waals surface area contributed by atoms with E-state index < -0.39 is 0 Å². The van der Waals surface area contributed by atoms with Crippen molar-refractivity contribution < 1.29 is 9.53 Å². The van der Waals surface area contributed by atoms with Crippen molar-refractivity contribution >= 4 is 5.97 Å². The SMILES string of the molecule is C[13CH2]OC(C)=O. The molecule has 2 heteroatoms. The van der Waals surface area contributed by atoms with Crippen LogP contribution in [0.5, 0.6) is 0 Å². The van der Waals surface area contributed by atoms with E-state index in [-0.39, 0.29) is 5.97 Å². The van der Waals surface area contributed by atoms with Gasteiger partial charge in [-0.2, -0.15) is 0 Å². The number of hydrogen-bond donors (Lipinski definition) is 0. The van der Waals surface area contributed by atoms with Crippen molar-refractivity contribution in [1.29, 1.82) is 0 Å². The van der Waals surface area contributed by atoms with Crippen LogP contribution in [0.4, 0.5) is 0 Å². The molecule has 0 aliphatic rings. The van der Waals surface area contributed by atoms with Gasteiger partial charge in [-0.05, 0) is 6.92 Å². The van der Waals surface area contributed by atoms with Crippen molar-refractivity contribution in [2.45, 2.75) is 13.8 Å². The Morgan fingerprint density at radius 3 is 2.33 bits per heavy atom. The summed E-state index contributed by atoms with van der Waals surface area (Å²) in [6.45, 7) is 3.65. The van der Waals surface area contributed by atoms with Crippen molar-refractivity contribution in [2.24, 2.45) is 0 Å². The summed E-state index contributed by atoms with van der Waals surface area (Å²) in [5.74, 6) is -0.211. The van der Waals surface area contributed by atoms with Crippen molar-refractivity contribution in [2.75, 3.05) is 6.61 Å². The van der Waals surface area contributed by atoms with Gasteiger partial charge < -0.3 is 4.74 Å². The molecule has 0 aliphatic heterocycles. The lowest BCUT2D eigenvalue weighted by Crippen LogP contribution is -1.95. The fourth-order valence-corrected chi connectivity index (χ4v) is 0.203. The van der Waals surface area contributed by atoms with Crippen molar-refractivity contribution in [3.63, 3.8) is 0 Å². The van der Waals surface area contributed by atoms with Gasteiger partial charge in [0.25, 0.3) is 0 Å². The molecular weight excluding hydrogens is 81.0 g/mol. The number of esters is 1. The molecule has 0 heterocycles. The Bertz CT molecular complexity index is 49.5. The highest BCUT2D eigenvalue weighted by Gasteiger charge is 1.81. The zero-order valence-electron chi connectivity index (χ0n) is 4.02. The highest BCUT2D eigenvalue weighted by molar-refractivity contribution is 5.65. The molecule has 36 valence electrons. The van der Waals surface area contributed by atoms with Crippen LogP contribution in [-0.2, 0) is 9.53 Å². The number of rotatable bonds is 1. The van der Waals surface area contributed by atoms with Crippen LogP contribution in [0.15, 0.2) is 0 Å². The second-order valence-electron chi connectivity index (χ2n) is 0.925. The maximum atomic E-state index is 9.82. The molecular formula is C4H8O2. The van der Waals surface area contributed by atoms with E-state index in [0.717, 1.165) is 0 Å². The van der Waals surface area contributed by atoms with E-state index in [1.807, 2.05) is 0 Å². The van der Waals surface area contributed by atoms with Gasteiger partial charge in [-0.3, -0.25) is 4.79 Å². The smallest absolute Gasteiger partial charge is 0.302 e. The first-order chi connectivity index (χ1) is 2.77. The monoisotopic (exact) mass is 89.1 g/mol. The van der Waals surface area contributed by atoms with Crippen LogP contribution >= 0.6 is 0 Å². The zero-order chi connectivity index (χ0) is 4.99. The molecule has 0 atom stereocenters. The third-order valence-electron chi connectivity index (χ3n) is 0.348. The standard InChI is InChI=1S/C4H8O2/c1-3-6-4(2)5/h3H2,1-2H3/i3+1. The average Bonchev–Trinajstić information content (AvgIpc) is 1.35. The molecule has 0 rings (SSSR count). The Morgan fingerprint density at radius 2 is 2.33 bits per heavy atom. The molecule has 0 amide bonds. The lowest BCUT2D eigenvalue weighted by Gasteiger charge is -1.89. The second-order valence-corrected chi connectivity index (χ2v) is 0.925. The third-order valence-corrected chi connectivity index (χ3v) is 0.348. The van der Waals surface area contributed by atoms with Crippen LogP contribution in [-0.4, -0.2) is 12.6 Å². The molecule has 0 spiro atoms. The molecule has 0 saturated heterocycles. The Labute approximate surface area is 37.1 Å². The molecule has 0 aromatic heterocycles. The Hall–Kier alpha value is -0.530. The molecule has 0 aliphatic carbocycles. The lowest BCUT2D eigenvalue weighted by atomic mass is 10.8. The maximum absolute atomic E-state index is 9.82. The van der Waals surface area contributed by atoms with Crippen molar-refractivity contribution in [3.8, 4) is 0 Å². The minimum atomic E-state index is -0.211. The van der Waals surface area contributed by atoms with Crippen LogP contribution in [0.1, 0.15) is 13.8 Å². The highest BCUT2D eigenvalue weighted by atomic mass is 16.6. The molecule has 0 fully saturated rings. The lowest BCUT2D eigenvalue weighted by molar-refractivity contribution is -0.140. The summed E-state index contributed by atoms with van der Waals surface area (Å²) < 4.78 is 4.40. The molecule has 0 bridgehead atoms. The molecule has 6 heavy (non-hydrogen) atoms. The second kappa shape index (κ2) is 2.69. The molecule has 0 radical (unpaired) electrons. The van der Waals surface area contributed by atoms with Gasteiger partial charge in [0.05, 0.1) is 6.61 Å². The van der Waals surface area contributed by atoms with Crippen LogP contribution in [0.25, 0.3) is 0 Å². The molecule has 0 aromatic rings. The molecule has 0 saturated carbocycles. The van der Waals surface area contributed by atoms with Gasteiger partial charge in [-0.25, -0.2) is 0 Å². The van der Waals surface area contributed by atoms with E-state index in [4.69, 9.17) is 0 Å². The number of carbonyl (C=O) groups excluding carboxylic acids is 1. The van der Waals surface area contributed by atoms with Gasteiger partial charge in [0, 0.05) is 6.92 Å². The first kappa shape index (κ1) is 5.47. The van der Waals surface area contributed by atoms with E-state index >= 15 is 0 Å². The zero-order valence-corrected chi connectivity index (χ0v) is 4.02. The third kappa shape index (κ3) is 3.47. The number of hydrogen-bond acceptors (Lipinski definition) is 2. The number of carbonyl (C=O) groups is 1. The molecule has 0 aromatic carbocycles. The van der Waals surface area contributed by atoms with Crippen molar-refractivity contribution in [3.05, 3.63) is 0 Å². The summed E-state index contributed by atoms with van der Waals surface area (Å²) in [5, 5.41) is 0. The molecule has 0 unspecified atom stereocenters. The predicted octanol–water partition coefficient (Wildman–Crippen LogP) is 0.569. The van der Waals surface area contributed by atoms with Crippen LogP contribution < -0.4 is 0 Å². The fraction of sp³-hybridized carbons (Fsp3) is 0.750. The topological polar surface area (TPSA) is 26.3 Å². The van der Waals surface area contributed by atoms with Crippen LogP contribution in [0.2, 0.25) is 0 Å². The Balaban J connectivity index is 2.83. The quantitative estimate of drug-likeness (QED) is 0.347. The summed E-state index contributed by atoms with van der Waals surface area (Å²) in [7, 11) is 0. The normalized spacial score (nSPS) is 7.67. The Morgan fingerprint density at radius 1 is 1.83 bits per heavy atom. The first-order valence-electron chi connectivity index (χ1n) is 1.90. The van der Waals surface area contributed by atoms with Gasteiger partial charge in [0.2, 0.25) is 0 Å². The maximum Gasteiger partial charge on any atom is 0.302 e. The van der Waals surface area contributed by atoms with Crippen LogP contribution in [0.3, 0.4) is 0 Å². The van der Waals surface area contributed by atoms with E-state index in [2.05, 4.69) is 4.74 Å². The Kier molecular flexibility index (Phi) is 2.46. The molecule has 0 N–H and O–H groups in total. The summed E-state index contributed by atoms with van der Waals surface area (Å²) >= 11 is 0. The summed E-state index contributed by atoms with van der Waals surface area (Å²) in [6.07, 6.45) is 0. The molecule has 2 nitrogen and oxygen atoms in total. The van der Waals surface area contributed by atoms with E-state index in [1.54, 1.807) is 6.92 Å². The number of ether oxygens (including phenoxy) is 1. The van der Waals surface area contributed by atoms with Crippen molar-refractivity contribution in [1.82, 2.24) is 0 Å². The van der Waals surface area contributed by atoms with Gasteiger partial charge in [-0.15, -0.1) is 0 Å². The van der Waals surface area contributed by atoms with E-state index in [9.17, 15) is 4.79 Å². The minimum Gasteiger partial charge on any atom is -0.466 e. The minimum absolute atomic E-state index is 0.211. The highest BCUT2D eigenvalue weighted by Crippen LogP contribution is 1.69. The summed E-state index contributed by atoms with van der Waals surface area (Å²) in [5.41, 5.74) is 0. The van der Waals surface area contributed by atoms with Gasteiger partial charge in [0.1, 0.15) is 0 Å². The average molecular weight is 89.1 g/mol. The van der Waals surface area contributed by atoms with Crippen LogP contribution in [0, 0.1) is 0 Å². The summed E-state index contributed by atoms with van der Waals surface area (Å²) in [6, 6.07) is 0. The first-order valence-corrected chi connectivity index (χ1v) is 1.90. The van der Waals surface area contributed by atoms with Gasteiger partial charge in [0.15, 0.2) is 0 Å². The van der Waals surface area contributed by atoms with E-state index in [0.29, 0.717) is 6.61 Å². The van der Waals surface area contributed by atoms with Gasteiger partial charge in [-0.1, -0.05) is 0 Å². The predicted molar refractivity (Wildman–Crippen MR) is 22.3 cm³/mol. The fourth-order valence-electron chi connectivity index (χ4n) is 0.203.